The number of hydrogen-bond donors (Lipinski definition) is 0. The summed E-state index contributed by atoms with van der Waals surface area (Å²) in [7, 11) is 1.44. The smallest absolute Gasteiger partial charge is 0.333 e. The first-order chi connectivity index (χ1) is 9.67. The molecule has 20 heavy (non-hydrogen) atoms. The van der Waals surface area contributed by atoms with Gasteiger partial charge in [0.25, 0.3) is 0 Å². The maximum Gasteiger partial charge on any atom is 0.333 e. The van der Waals surface area contributed by atoms with Gasteiger partial charge in [-0.05, 0) is 37.8 Å². The second-order valence-electron chi connectivity index (χ2n) is 5.24. The fraction of sp³-hybridized carbons (Fsp3) is 0.471. The molecule has 3 nitrogen and oxygen atoms in total. The van der Waals surface area contributed by atoms with Crippen molar-refractivity contribution < 1.29 is 9.53 Å². The van der Waals surface area contributed by atoms with E-state index in [1.807, 2.05) is 13.0 Å². The average Bonchev–Trinajstić information content (AvgIpc) is 2.49. The molecule has 3 heteroatoms. The Morgan fingerprint density at radius 1 is 1.45 bits per heavy atom. The van der Waals surface area contributed by atoms with Gasteiger partial charge in [0.15, 0.2) is 0 Å². The number of aryl methyl sites for hydroxylation is 1. The first-order valence-corrected chi connectivity index (χ1v) is 7.29. The van der Waals surface area contributed by atoms with Crippen LogP contribution in [0, 0.1) is 0 Å². The van der Waals surface area contributed by atoms with Crippen molar-refractivity contribution in [2.24, 2.45) is 0 Å². The summed E-state index contributed by atoms with van der Waals surface area (Å²) in [6.45, 7) is 4.99. The molecule has 0 fully saturated rings. The van der Waals surface area contributed by atoms with Crippen LogP contribution in [0.1, 0.15) is 32.3 Å². The molecule has 0 bridgehead atoms. The van der Waals surface area contributed by atoms with Gasteiger partial charge in [0.2, 0.25) is 0 Å². The van der Waals surface area contributed by atoms with E-state index in [1.165, 1.54) is 18.4 Å². The van der Waals surface area contributed by atoms with Crippen molar-refractivity contribution in [2.75, 3.05) is 18.6 Å². The Kier molecular flexibility index (Phi) is 4.83. The van der Waals surface area contributed by atoms with Crippen molar-refractivity contribution in [2.45, 2.75) is 39.2 Å². The Balaban J connectivity index is 2.20. The van der Waals surface area contributed by atoms with Gasteiger partial charge in [0.05, 0.1) is 7.11 Å². The zero-order chi connectivity index (χ0) is 14.5. The summed E-state index contributed by atoms with van der Waals surface area (Å²) in [4.78, 5) is 14.0. The highest BCUT2D eigenvalue weighted by atomic mass is 16.5. The zero-order valence-corrected chi connectivity index (χ0v) is 12.6. The van der Waals surface area contributed by atoms with E-state index in [0.29, 0.717) is 12.5 Å². The van der Waals surface area contributed by atoms with E-state index in [9.17, 15) is 4.79 Å². The molecule has 108 valence electrons. The third-order valence-electron chi connectivity index (χ3n) is 4.03. The molecule has 0 saturated carbocycles. The van der Waals surface area contributed by atoms with Crippen LogP contribution in [0.25, 0.3) is 0 Å². The molecule has 0 N–H and O–H groups in total. The van der Waals surface area contributed by atoms with Crippen LogP contribution in [0.2, 0.25) is 0 Å². The van der Waals surface area contributed by atoms with E-state index in [1.54, 1.807) is 0 Å². The van der Waals surface area contributed by atoms with Crippen LogP contribution in [-0.4, -0.2) is 25.7 Å². The highest BCUT2D eigenvalue weighted by Gasteiger charge is 2.22. The maximum absolute atomic E-state index is 11.6. The normalized spacial score (nSPS) is 18.6. The molecule has 1 unspecified atom stereocenters. The van der Waals surface area contributed by atoms with Crippen LogP contribution < -0.4 is 4.90 Å². The van der Waals surface area contributed by atoms with Crippen molar-refractivity contribution in [1.29, 1.82) is 0 Å². The van der Waals surface area contributed by atoms with Gasteiger partial charge in [-0.3, -0.25) is 0 Å². The first kappa shape index (κ1) is 14.6. The number of para-hydroxylation sites is 1. The molecule has 0 aromatic heterocycles. The molecule has 0 spiro atoms. The highest BCUT2D eigenvalue weighted by Crippen LogP contribution is 2.30. The molecule has 1 aromatic rings. The Labute approximate surface area is 121 Å². The molecule has 0 radical (unpaired) electrons. The lowest BCUT2D eigenvalue weighted by molar-refractivity contribution is -0.136. The number of fused-ring (bicyclic) bond motifs is 1. The van der Waals surface area contributed by atoms with Gasteiger partial charge in [0, 0.05) is 23.8 Å². The van der Waals surface area contributed by atoms with E-state index in [-0.39, 0.29) is 5.97 Å². The van der Waals surface area contributed by atoms with Crippen molar-refractivity contribution in [3.8, 4) is 0 Å². The lowest BCUT2D eigenvalue weighted by Crippen LogP contribution is -2.37. The van der Waals surface area contributed by atoms with Gasteiger partial charge in [-0.1, -0.05) is 31.2 Å². The standard InChI is InChI=1S/C17H23NO2/c1-4-14(17(19)20-3)11-12-18-13(2)9-10-15-7-5-6-8-16(15)18/h5-8,11,13H,4,9-10,12H2,1-3H3. The topological polar surface area (TPSA) is 29.5 Å². The Bertz CT molecular complexity index is 507. The summed E-state index contributed by atoms with van der Waals surface area (Å²) >= 11 is 0. The Morgan fingerprint density at radius 2 is 2.20 bits per heavy atom. The average molecular weight is 273 g/mol. The number of carbonyl (C=O) groups excluding carboxylic acids is 1. The molecule has 1 aromatic carbocycles. The molecule has 0 aliphatic carbocycles. The third-order valence-corrected chi connectivity index (χ3v) is 4.03. The SMILES string of the molecule is CCC(=CCN1c2ccccc2CCC1C)C(=O)OC. The van der Waals surface area contributed by atoms with Crippen LogP contribution in [0.5, 0.6) is 0 Å². The van der Waals surface area contributed by atoms with Gasteiger partial charge in [-0.15, -0.1) is 0 Å². The minimum absolute atomic E-state index is 0.217. The summed E-state index contributed by atoms with van der Waals surface area (Å²) in [5, 5.41) is 0. The first-order valence-electron chi connectivity index (χ1n) is 7.29. The van der Waals surface area contributed by atoms with Crippen LogP contribution in [0.15, 0.2) is 35.9 Å². The molecule has 1 heterocycles. The largest absolute Gasteiger partial charge is 0.466 e. The van der Waals surface area contributed by atoms with E-state index >= 15 is 0 Å². The number of hydrogen-bond acceptors (Lipinski definition) is 3. The summed E-state index contributed by atoms with van der Waals surface area (Å²) in [6, 6.07) is 9.03. The second kappa shape index (κ2) is 6.60. The van der Waals surface area contributed by atoms with Gasteiger partial charge < -0.3 is 9.64 Å². The molecule has 0 saturated heterocycles. The fourth-order valence-electron chi connectivity index (χ4n) is 2.75. The molecule has 1 atom stereocenters. The third kappa shape index (κ3) is 3.03. The summed E-state index contributed by atoms with van der Waals surface area (Å²) in [5.74, 6) is -0.217. The quantitative estimate of drug-likeness (QED) is 0.622. The predicted octanol–water partition coefficient (Wildman–Crippen LogP) is 3.34. The van der Waals surface area contributed by atoms with Crippen LogP contribution in [0.4, 0.5) is 5.69 Å². The number of ether oxygens (including phenoxy) is 1. The lowest BCUT2D eigenvalue weighted by atomic mass is 9.96. The predicted molar refractivity (Wildman–Crippen MR) is 82.0 cm³/mol. The number of nitrogens with zero attached hydrogens (tertiary/aromatic N) is 1. The van der Waals surface area contributed by atoms with Crippen LogP contribution >= 0.6 is 0 Å². The lowest BCUT2D eigenvalue weighted by Gasteiger charge is -2.36. The monoisotopic (exact) mass is 273 g/mol. The summed E-state index contributed by atoms with van der Waals surface area (Å²) in [5.41, 5.74) is 3.45. The van der Waals surface area contributed by atoms with Crippen molar-refractivity contribution >= 4 is 11.7 Å². The summed E-state index contributed by atoms with van der Waals surface area (Å²) < 4.78 is 4.81. The van der Waals surface area contributed by atoms with Crippen molar-refractivity contribution in [1.82, 2.24) is 0 Å². The Hall–Kier alpha value is -1.77. The van der Waals surface area contributed by atoms with E-state index in [0.717, 1.165) is 25.0 Å². The Morgan fingerprint density at radius 3 is 2.90 bits per heavy atom. The molecular formula is C17H23NO2. The molecule has 0 amide bonds. The van der Waals surface area contributed by atoms with Crippen LogP contribution in [-0.2, 0) is 16.0 Å². The molecule has 2 rings (SSSR count). The van der Waals surface area contributed by atoms with Crippen molar-refractivity contribution in [3.05, 3.63) is 41.5 Å². The number of methoxy groups -OCH3 is 1. The number of esters is 1. The number of carbonyl (C=O) groups is 1. The number of anilines is 1. The zero-order valence-electron chi connectivity index (χ0n) is 12.6. The summed E-state index contributed by atoms with van der Waals surface area (Å²) in [6.07, 6.45) is 5.00. The second-order valence-corrected chi connectivity index (χ2v) is 5.24. The maximum atomic E-state index is 11.6. The van der Waals surface area contributed by atoms with Gasteiger partial charge >= 0.3 is 5.97 Å². The van der Waals surface area contributed by atoms with E-state index in [4.69, 9.17) is 4.74 Å². The van der Waals surface area contributed by atoms with Crippen LogP contribution in [0.3, 0.4) is 0 Å². The van der Waals surface area contributed by atoms with Gasteiger partial charge in [0.1, 0.15) is 0 Å². The van der Waals surface area contributed by atoms with Crippen molar-refractivity contribution in [3.63, 3.8) is 0 Å². The highest BCUT2D eigenvalue weighted by molar-refractivity contribution is 5.88. The van der Waals surface area contributed by atoms with Gasteiger partial charge in [-0.2, -0.15) is 0 Å². The molecule has 1 aliphatic heterocycles. The van der Waals surface area contributed by atoms with Gasteiger partial charge in [-0.25, -0.2) is 4.79 Å². The fourth-order valence-corrected chi connectivity index (χ4v) is 2.75. The molecular weight excluding hydrogens is 250 g/mol. The van der Waals surface area contributed by atoms with E-state index < -0.39 is 0 Å². The van der Waals surface area contributed by atoms with E-state index in [2.05, 4.69) is 36.1 Å². The number of rotatable bonds is 4. The number of benzene rings is 1. The minimum atomic E-state index is -0.217. The molecule has 1 aliphatic rings. The minimum Gasteiger partial charge on any atom is -0.466 e.